The van der Waals surface area contributed by atoms with Gasteiger partial charge in [0.05, 0.1) is 36.9 Å². The smallest absolute Gasteiger partial charge is 0.394 e. The predicted molar refractivity (Wildman–Crippen MR) is 154 cm³/mol. The molecule has 3 amide bonds. The van der Waals surface area contributed by atoms with E-state index in [4.69, 9.17) is 16.2 Å². The Bertz CT molecular complexity index is 1180. The average molecular weight is 628 g/mol. The molecular weight excluding hydrogens is 585 g/mol. The van der Waals surface area contributed by atoms with Crippen molar-refractivity contribution in [3.63, 3.8) is 0 Å². The maximum Gasteiger partial charge on any atom is 0.469 e. The fraction of sp³-hybridized carbons (Fsp3) is 0.630. The van der Waals surface area contributed by atoms with Crippen molar-refractivity contribution < 1.29 is 48.0 Å². The number of aromatic amines is 1. The molecule has 1 aromatic heterocycles. The van der Waals surface area contributed by atoms with Crippen LogP contribution in [0.5, 0.6) is 0 Å². The van der Waals surface area contributed by atoms with Gasteiger partial charge >= 0.3 is 7.82 Å². The van der Waals surface area contributed by atoms with Crippen LogP contribution >= 0.6 is 7.82 Å². The minimum atomic E-state index is -5.00. The van der Waals surface area contributed by atoms with Crippen LogP contribution in [0.2, 0.25) is 0 Å². The quantitative estimate of drug-likeness (QED) is 0.0736. The molecule has 0 fully saturated rings. The number of phosphoric acid groups is 1. The molecule has 0 radical (unpaired) electrons. The summed E-state index contributed by atoms with van der Waals surface area (Å²) in [5.41, 5.74) is 0.515. The van der Waals surface area contributed by atoms with E-state index in [-0.39, 0.29) is 31.6 Å². The van der Waals surface area contributed by atoms with Crippen molar-refractivity contribution in [1.29, 1.82) is 0 Å². The first-order valence-electron chi connectivity index (χ1n) is 13.7. The third kappa shape index (κ3) is 14.1. The van der Waals surface area contributed by atoms with Crippen molar-refractivity contribution in [3.8, 4) is 12.3 Å². The van der Waals surface area contributed by atoms with Gasteiger partial charge in [0.25, 0.3) is 0 Å². The summed E-state index contributed by atoms with van der Waals surface area (Å²) in [5.74, 6) is -3.14. The van der Waals surface area contributed by atoms with E-state index in [1.54, 1.807) is 0 Å². The second-order valence-corrected chi connectivity index (χ2v) is 11.7. The van der Waals surface area contributed by atoms with Gasteiger partial charge in [0.2, 0.25) is 17.7 Å². The third-order valence-electron chi connectivity index (χ3n) is 6.53. The number of Topliss-reactive ketones (excluding diaryl/α,β-unsaturated/α-hetero) is 2. The number of ketones is 2. The maximum absolute atomic E-state index is 13.4. The summed E-state index contributed by atoms with van der Waals surface area (Å²) in [7, 11) is -3.73. The van der Waals surface area contributed by atoms with E-state index in [1.807, 2.05) is 13.8 Å². The molecule has 5 atom stereocenters. The van der Waals surface area contributed by atoms with E-state index in [1.165, 1.54) is 26.5 Å². The average Bonchev–Trinajstić information content (AvgIpc) is 3.43. The Morgan fingerprint density at radius 3 is 2.23 bits per heavy atom. The van der Waals surface area contributed by atoms with Crippen molar-refractivity contribution in [2.75, 3.05) is 13.7 Å². The summed E-state index contributed by atoms with van der Waals surface area (Å²) >= 11 is 0. The molecule has 16 heteroatoms. The van der Waals surface area contributed by atoms with E-state index in [0.717, 1.165) is 0 Å². The van der Waals surface area contributed by atoms with E-state index >= 15 is 0 Å². The van der Waals surface area contributed by atoms with E-state index in [0.29, 0.717) is 12.1 Å². The Balaban J connectivity index is 3.15. The van der Waals surface area contributed by atoms with Gasteiger partial charge in [0, 0.05) is 51.0 Å². The highest BCUT2D eigenvalue weighted by molar-refractivity contribution is 7.46. The fourth-order valence-corrected chi connectivity index (χ4v) is 4.90. The molecule has 1 heterocycles. The molecule has 0 spiro atoms. The molecular formula is C27H42N5O10P. The number of carbonyl (C=O) groups excluding carboxylic acids is 5. The monoisotopic (exact) mass is 627 g/mol. The van der Waals surface area contributed by atoms with Crippen LogP contribution in [0.1, 0.15) is 58.6 Å². The Morgan fingerprint density at radius 2 is 1.72 bits per heavy atom. The Labute approximate surface area is 250 Å². The van der Waals surface area contributed by atoms with Crippen LogP contribution in [-0.2, 0) is 39.5 Å². The number of nitrogens with zero attached hydrogens (tertiary/aromatic N) is 1. The molecule has 240 valence electrons. The number of hydrogen-bond donors (Lipinski definition) is 7. The van der Waals surface area contributed by atoms with Crippen LogP contribution in [0.15, 0.2) is 12.5 Å². The van der Waals surface area contributed by atoms with Crippen molar-refractivity contribution in [2.45, 2.75) is 77.5 Å². The summed E-state index contributed by atoms with van der Waals surface area (Å²) in [6.07, 6.45) is 6.28. The van der Waals surface area contributed by atoms with Crippen LogP contribution < -0.4 is 16.0 Å². The first-order chi connectivity index (χ1) is 20.1. The van der Waals surface area contributed by atoms with Gasteiger partial charge in [-0.25, -0.2) is 9.55 Å². The first kappa shape index (κ1) is 37.6. The number of nitrogens with one attached hydrogen (secondary N) is 4. The number of amides is 3. The lowest BCUT2D eigenvalue weighted by atomic mass is 9.89. The van der Waals surface area contributed by atoms with Crippen LogP contribution in [0, 0.1) is 30.1 Å². The minimum Gasteiger partial charge on any atom is -0.394 e. The second-order valence-electron chi connectivity index (χ2n) is 10.5. The van der Waals surface area contributed by atoms with Crippen molar-refractivity contribution in [3.05, 3.63) is 18.2 Å². The zero-order valence-corrected chi connectivity index (χ0v) is 25.6. The van der Waals surface area contributed by atoms with E-state index in [9.17, 15) is 33.6 Å². The molecule has 43 heavy (non-hydrogen) atoms. The van der Waals surface area contributed by atoms with Gasteiger partial charge in [-0.15, -0.1) is 12.3 Å². The van der Waals surface area contributed by atoms with Gasteiger partial charge in [-0.05, 0) is 19.3 Å². The minimum absolute atomic E-state index is 0.0113. The number of carbonyl (C=O) groups is 5. The lowest BCUT2D eigenvalue weighted by Gasteiger charge is -2.26. The van der Waals surface area contributed by atoms with E-state index < -0.39 is 80.2 Å². The SMILES string of the molecule is C#CCCC(=O)N[C@@H](CC(C)C)C(=O)C[C@@H](Cc1cnc[nH]1)C(=O)N[C@@H](CO)C(=O)C[C@H](C(=O)NC)[C@@H](C)OP(=O)(O)O. The normalized spacial score (nSPS) is 15.0. The number of aromatic nitrogens is 2. The van der Waals surface area contributed by atoms with Gasteiger partial charge < -0.3 is 35.8 Å². The van der Waals surface area contributed by atoms with Crippen LogP contribution in [-0.4, -0.2) is 86.0 Å². The number of aliphatic hydroxyl groups is 1. The van der Waals surface area contributed by atoms with Crippen molar-refractivity contribution in [2.24, 2.45) is 17.8 Å². The van der Waals surface area contributed by atoms with Crippen LogP contribution in [0.3, 0.4) is 0 Å². The van der Waals surface area contributed by atoms with Gasteiger partial charge in [0.1, 0.15) is 6.04 Å². The highest BCUT2D eigenvalue weighted by atomic mass is 31.2. The Morgan fingerprint density at radius 1 is 1.07 bits per heavy atom. The molecule has 0 unspecified atom stereocenters. The van der Waals surface area contributed by atoms with Crippen LogP contribution in [0.4, 0.5) is 0 Å². The number of aliphatic hydroxyl groups excluding tert-OH is 1. The molecule has 7 N–H and O–H groups in total. The second kappa shape index (κ2) is 18.3. The molecule has 15 nitrogen and oxygen atoms in total. The number of terminal acetylenes is 1. The van der Waals surface area contributed by atoms with Crippen molar-refractivity contribution in [1.82, 2.24) is 25.9 Å². The molecule has 1 rings (SSSR count). The molecule has 0 aliphatic carbocycles. The maximum atomic E-state index is 13.4. The summed E-state index contributed by atoms with van der Waals surface area (Å²) < 4.78 is 15.9. The molecule has 0 aliphatic rings. The van der Waals surface area contributed by atoms with Gasteiger partial charge in [-0.1, -0.05) is 13.8 Å². The molecule has 0 saturated heterocycles. The van der Waals surface area contributed by atoms with E-state index in [2.05, 4.69) is 36.4 Å². The van der Waals surface area contributed by atoms with Gasteiger partial charge in [-0.3, -0.25) is 28.5 Å². The molecule has 0 aliphatic heterocycles. The summed E-state index contributed by atoms with van der Waals surface area (Å²) in [5, 5.41) is 17.3. The number of hydrogen-bond acceptors (Lipinski definition) is 9. The first-order valence-corrected chi connectivity index (χ1v) is 15.3. The van der Waals surface area contributed by atoms with Crippen molar-refractivity contribution >= 4 is 37.1 Å². The predicted octanol–water partition coefficient (Wildman–Crippen LogP) is -0.232. The Hall–Kier alpha value is -3.41. The largest absolute Gasteiger partial charge is 0.469 e. The topological polar surface area (TPSA) is 237 Å². The van der Waals surface area contributed by atoms with Crippen LogP contribution in [0.25, 0.3) is 0 Å². The molecule has 0 aromatic carbocycles. The molecule has 1 aromatic rings. The number of rotatable bonds is 20. The standard InChI is InChI=1S/C27H42N5O10P/c1-6-7-8-25(36)31-21(9-16(2)3)23(34)11-18(10-19-13-29-15-30-19)26(37)32-22(14-33)24(35)12-20(27(38)28-5)17(4)42-43(39,40)41/h1,13,15-18,20-22,33H,7-12,14H2,2-5H3,(H,28,38)(H,29,30)(H,31,36)(H,32,37)(H2,39,40,41)/t17-,18-,20+,21+,22+/m1/s1. The number of H-pyrrole nitrogens is 1. The lowest BCUT2D eigenvalue weighted by Crippen LogP contribution is -2.49. The Kier molecular flexibility index (Phi) is 16.0. The molecule has 0 saturated carbocycles. The fourth-order valence-electron chi connectivity index (χ4n) is 4.32. The zero-order valence-electron chi connectivity index (χ0n) is 24.7. The highest BCUT2D eigenvalue weighted by Gasteiger charge is 2.36. The van der Waals surface area contributed by atoms with Gasteiger partial charge in [-0.2, -0.15) is 0 Å². The van der Waals surface area contributed by atoms with Gasteiger partial charge in [0.15, 0.2) is 11.6 Å². The summed E-state index contributed by atoms with van der Waals surface area (Å²) in [6, 6.07) is -2.39. The zero-order chi connectivity index (χ0) is 32.7. The summed E-state index contributed by atoms with van der Waals surface area (Å²) in [6.45, 7) is 4.09. The third-order valence-corrected chi connectivity index (χ3v) is 7.14. The molecule has 0 bridgehead atoms. The lowest BCUT2D eigenvalue weighted by molar-refractivity contribution is -0.136. The highest BCUT2D eigenvalue weighted by Crippen LogP contribution is 2.39. The number of phosphoric ester groups is 1. The number of imidazole rings is 1. The summed E-state index contributed by atoms with van der Waals surface area (Å²) in [4.78, 5) is 89.5.